The lowest BCUT2D eigenvalue weighted by atomic mass is 10.0. The third-order valence-electron chi connectivity index (χ3n) is 6.24. The third-order valence-corrected chi connectivity index (χ3v) is 6.24. The molecule has 0 fully saturated rings. The maximum Gasteiger partial charge on any atom is 0.200 e. The fourth-order valence-corrected chi connectivity index (χ4v) is 4.51. The monoisotopic (exact) mass is 441 g/mol. The van der Waals surface area contributed by atoms with E-state index in [4.69, 9.17) is 13.9 Å². The van der Waals surface area contributed by atoms with Gasteiger partial charge in [-0.25, -0.2) is 0 Å². The van der Waals surface area contributed by atoms with Crippen molar-refractivity contribution in [3.05, 3.63) is 93.8 Å². The molecule has 0 N–H and O–H groups in total. The van der Waals surface area contributed by atoms with Gasteiger partial charge in [0.05, 0.1) is 23.6 Å². The lowest BCUT2D eigenvalue weighted by Gasteiger charge is -2.29. The van der Waals surface area contributed by atoms with E-state index >= 15 is 0 Å². The van der Waals surface area contributed by atoms with Crippen LogP contribution in [0.1, 0.15) is 23.3 Å². The molecule has 33 heavy (non-hydrogen) atoms. The Morgan fingerprint density at radius 1 is 1.00 bits per heavy atom. The topological polar surface area (TPSA) is 51.9 Å². The van der Waals surface area contributed by atoms with Gasteiger partial charge in [0, 0.05) is 13.1 Å². The molecule has 0 aliphatic carbocycles. The summed E-state index contributed by atoms with van der Waals surface area (Å²) in [5, 5.41) is 0.583. The van der Waals surface area contributed by atoms with Gasteiger partial charge in [-0.15, -0.1) is 0 Å². The van der Waals surface area contributed by atoms with Crippen LogP contribution in [0.4, 0.5) is 0 Å². The molecule has 2 heterocycles. The van der Waals surface area contributed by atoms with Crippen LogP contribution in [-0.2, 0) is 13.0 Å². The van der Waals surface area contributed by atoms with Crippen molar-refractivity contribution in [3.63, 3.8) is 0 Å². The first-order chi connectivity index (χ1) is 16.1. The Labute approximate surface area is 193 Å². The molecule has 1 aliphatic rings. The summed E-state index contributed by atoms with van der Waals surface area (Å²) >= 11 is 0. The standard InChI is InChI=1S/C28H27NO4/c1-19-26(21-10-12-22(31-2)13-11-21)27(30)23-14-15-25-24(28(23)33-19)17-29(18-32-25)16-6-9-20-7-4-3-5-8-20/h3-5,7-8,10-15H,6,9,16-18H2,1-2H3. The maximum absolute atomic E-state index is 13.5. The highest BCUT2D eigenvalue weighted by molar-refractivity contribution is 5.86. The van der Waals surface area contributed by atoms with Gasteiger partial charge >= 0.3 is 0 Å². The minimum Gasteiger partial charge on any atom is -0.497 e. The minimum atomic E-state index is -0.0251. The number of rotatable bonds is 6. The highest BCUT2D eigenvalue weighted by Crippen LogP contribution is 2.34. The molecule has 1 aromatic heterocycles. The molecule has 4 aromatic rings. The number of fused-ring (bicyclic) bond motifs is 3. The Hall–Kier alpha value is -3.57. The normalized spacial score (nSPS) is 13.5. The first-order valence-corrected chi connectivity index (χ1v) is 11.3. The number of benzene rings is 3. The molecule has 1 aliphatic heterocycles. The first-order valence-electron chi connectivity index (χ1n) is 11.3. The second kappa shape index (κ2) is 9.12. The molecule has 0 unspecified atom stereocenters. The van der Waals surface area contributed by atoms with Crippen LogP contribution in [0.3, 0.4) is 0 Å². The zero-order valence-electron chi connectivity index (χ0n) is 19.0. The fourth-order valence-electron chi connectivity index (χ4n) is 4.51. The molecule has 0 saturated heterocycles. The van der Waals surface area contributed by atoms with Crippen LogP contribution >= 0.6 is 0 Å². The van der Waals surface area contributed by atoms with Gasteiger partial charge in [0.15, 0.2) is 0 Å². The lowest BCUT2D eigenvalue weighted by molar-refractivity contribution is 0.0946. The molecule has 168 valence electrons. The summed E-state index contributed by atoms with van der Waals surface area (Å²) in [6, 6.07) is 21.7. The third kappa shape index (κ3) is 4.24. The fraction of sp³-hybridized carbons (Fsp3) is 0.250. The molecule has 0 spiro atoms. The van der Waals surface area contributed by atoms with E-state index in [9.17, 15) is 4.79 Å². The van der Waals surface area contributed by atoms with E-state index in [0.717, 1.165) is 42.0 Å². The zero-order chi connectivity index (χ0) is 22.8. The van der Waals surface area contributed by atoms with Gasteiger partial charge in [0.25, 0.3) is 0 Å². The number of hydrogen-bond donors (Lipinski definition) is 0. The predicted octanol–water partition coefficient (Wildman–Crippen LogP) is 5.56. The van der Waals surface area contributed by atoms with E-state index in [1.165, 1.54) is 5.56 Å². The summed E-state index contributed by atoms with van der Waals surface area (Å²) in [5.74, 6) is 2.15. The van der Waals surface area contributed by atoms with Gasteiger partial charge in [-0.05, 0) is 55.2 Å². The van der Waals surface area contributed by atoms with Gasteiger partial charge in [0.2, 0.25) is 5.43 Å². The quantitative estimate of drug-likeness (QED) is 0.392. The van der Waals surface area contributed by atoms with E-state index in [1.54, 1.807) is 7.11 Å². The van der Waals surface area contributed by atoms with E-state index < -0.39 is 0 Å². The zero-order valence-corrected chi connectivity index (χ0v) is 19.0. The number of ether oxygens (including phenoxy) is 2. The maximum atomic E-state index is 13.5. The summed E-state index contributed by atoms with van der Waals surface area (Å²) in [7, 11) is 1.63. The van der Waals surface area contributed by atoms with Crippen LogP contribution in [0.5, 0.6) is 11.5 Å². The van der Waals surface area contributed by atoms with Gasteiger partial charge < -0.3 is 13.9 Å². The highest BCUT2D eigenvalue weighted by atomic mass is 16.5. The highest BCUT2D eigenvalue weighted by Gasteiger charge is 2.23. The predicted molar refractivity (Wildman–Crippen MR) is 130 cm³/mol. The molecule has 5 rings (SSSR count). The molecule has 0 atom stereocenters. The molecule has 0 saturated carbocycles. The van der Waals surface area contributed by atoms with E-state index in [0.29, 0.717) is 35.6 Å². The molecular weight excluding hydrogens is 414 g/mol. The summed E-state index contributed by atoms with van der Waals surface area (Å²) < 4.78 is 17.5. The van der Waals surface area contributed by atoms with Crippen molar-refractivity contribution in [2.75, 3.05) is 20.4 Å². The Kier molecular flexibility index (Phi) is 5.88. The molecular formula is C28H27NO4. The van der Waals surface area contributed by atoms with Crippen molar-refractivity contribution >= 4 is 11.0 Å². The van der Waals surface area contributed by atoms with Gasteiger partial charge in [-0.1, -0.05) is 42.5 Å². The molecule has 5 heteroatoms. The van der Waals surface area contributed by atoms with Crippen LogP contribution in [0, 0.1) is 6.92 Å². The Balaban J connectivity index is 1.42. The molecule has 0 bridgehead atoms. The summed E-state index contributed by atoms with van der Waals surface area (Å²) in [6.45, 7) is 4.01. The second-order valence-electron chi connectivity index (χ2n) is 8.42. The van der Waals surface area contributed by atoms with Crippen LogP contribution < -0.4 is 14.9 Å². The van der Waals surface area contributed by atoms with Gasteiger partial charge in [0.1, 0.15) is 29.6 Å². The van der Waals surface area contributed by atoms with Crippen LogP contribution in [0.2, 0.25) is 0 Å². The summed E-state index contributed by atoms with van der Waals surface area (Å²) in [4.78, 5) is 15.7. The van der Waals surface area contributed by atoms with Crippen LogP contribution in [0.15, 0.2) is 75.9 Å². The largest absolute Gasteiger partial charge is 0.497 e. The van der Waals surface area contributed by atoms with Crippen molar-refractivity contribution in [1.29, 1.82) is 0 Å². The van der Waals surface area contributed by atoms with Crippen molar-refractivity contribution in [2.24, 2.45) is 0 Å². The number of nitrogens with zero attached hydrogens (tertiary/aromatic N) is 1. The number of methoxy groups -OCH3 is 1. The molecule has 5 nitrogen and oxygen atoms in total. The van der Waals surface area contributed by atoms with E-state index in [-0.39, 0.29) is 5.43 Å². The van der Waals surface area contributed by atoms with Gasteiger partial charge in [-0.3, -0.25) is 9.69 Å². The number of aryl methyl sites for hydroxylation is 2. The molecule has 0 amide bonds. The molecule has 0 radical (unpaired) electrons. The van der Waals surface area contributed by atoms with Crippen molar-refractivity contribution in [3.8, 4) is 22.6 Å². The van der Waals surface area contributed by atoms with Crippen LogP contribution in [0.25, 0.3) is 22.1 Å². The van der Waals surface area contributed by atoms with Crippen molar-refractivity contribution in [1.82, 2.24) is 4.90 Å². The Bertz CT molecular complexity index is 1330. The van der Waals surface area contributed by atoms with E-state index in [2.05, 4.69) is 29.2 Å². The average molecular weight is 442 g/mol. The smallest absolute Gasteiger partial charge is 0.200 e. The van der Waals surface area contributed by atoms with E-state index in [1.807, 2.05) is 49.4 Å². The van der Waals surface area contributed by atoms with Crippen LogP contribution in [-0.4, -0.2) is 25.3 Å². The summed E-state index contributed by atoms with van der Waals surface area (Å²) in [6.07, 6.45) is 2.07. The molecule has 3 aromatic carbocycles. The number of hydrogen-bond acceptors (Lipinski definition) is 5. The van der Waals surface area contributed by atoms with Crippen molar-refractivity contribution in [2.45, 2.75) is 26.3 Å². The Morgan fingerprint density at radius 3 is 2.55 bits per heavy atom. The van der Waals surface area contributed by atoms with Crippen molar-refractivity contribution < 1.29 is 13.9 Å². The Morgan fingerprint density at radius 2 is 1.79 bits per heavy atom. The second-order valence-corrected chi connectivity index (χ2v) is 8.42. The first kappa shape index (κ1) is 21.3. The van der Waals surface area contributed by atoms with Gasteiger partial charge in [-0.2, -0.15) is 0 Å². The minimum absolute atomic E-state index is 0.0251. The summed E-state index contributed by atoms with van der Waals surface area (Å²) in [5.41, 5.74) is 4.29. The SMILES string of the molecule is COc1ccc(-c2c(C)oc3c4c(ccc3c2=O)OCN(CCCc2ccccc2)C4)cc1. The average Bonchev–Trinajstić information content (AvgIpc) is 2.85. The lowest BCUT2D eigenvalue weighted by Crippen LogP contribution is -2.33.